The second-order valence-corrected chi connectivity index (χ2v) is 5.98. The van der Waals surface area contributed by atoms with Crippen molar-refractivity contribution in [3.05, 3.63) is 48.5 Å². The van der Waals surface area contributed by atoms with Gasteiger partial charge in [-0.1, -0.05) is 35.6 Å². The lowest BCUT2D eigenvalue weighted by Crippen LogP contribution is -2.23. The van der Waals surface area contributed by atoms with Crippen LogP contribution in [-0.2, 0) is 14.3 Å². The summed E-state index contributed by atoms with van der Waals surface area (Å²) < 4.78 is 10.9. The van der Waals surface area contributed by atoms with E-state index < -0.39 is 25.1 Å². The first-order chi connectivity index (χ1) is 12.1. The standard InChI is InChI=1S/C17H14N2O5S/c20-12-6-2-3-7-13(12)23-10-16(22)24-9-15(21)19-17-18-11-5-1-4-8-14(11)25-17/h1-8,20H,9-10H2,(H,18,19,21). The molecular formula is C17H14N2O5S. The zero-order valence-electron chi connectivity index (χ0n) is 13.0. The molecule has 0 aliphatic rings. The molecule has 0 fully saturated rings. The zero-order valence-corrected chi connectivity index (χ0v) is 13.8. The first-order valence-electron chi connectivity index (χ1n) is 7.33. The number of aromatic nitrogens is 1. The van der Waals surface area contributed by atoms with E-state index in [2.05, 4.69) is 10.3 Å². The number of carbonyl (C=O) groups excluding carboxylic acids is 2. The summed E-state index contributed by atoms with van der Waals surface area (Å²) in [4.78, 5) is 27.7. The summed E-state index contributed by atoms with van der Waals surface area (Å²) in [5, 5.41) is 12.5. The summed E-state index contributed by atoms with van der Waals surface area (Å²) in [7, 11) is 0. The molecule has 0 atom stereocenters. The van der Waals surface area contributed by atoms with Crippen molar-refractivity contribution in [3.63, 3.8) is 0 Å². The average molecular weight is 358 g/mol. The number of amides is 1. The highest BCUT2D eigenvalue weighted by Crippen LogP contribution is 2.25. The average Bonchev–Trinajstić information content (AvgIpc) is 3.01. The van der Waals surface area contributed by atoms with Crippen molar-refractivity contribution in [2.75, 3.05) is 18.5 Å². The summed E-state index contributed by atoms with van der Waals surface area (Å²) in [6.45, 7) is -0.856. The number of benzene rings is 2. The van der Waals surface area contributed by atoms with Crippen molar-refractivity contribution in [1.29, 1.82) is 0 Å². The number of hydrogen-bond donors (Lipinski definition) is 2. The highest BCUT2D eigenvalue weighted by molar-refractivity contribution is 7.22. The number of anilines is 1. The van der Waals surface area contributed by atoms with Crippen LogP contribution in [0.1, 0.15) is 0 Å². The van der Waals surface area contributed by atoms with Crippen molar-refractivity contribution in [2.45, 2.75) is 0 Å². The third-order valence-corrected chi connectivity index (χ3v) is 4.07. The minimum Gasteiger partial charge on any atom is -0.504 e. The smallest absolute Gasteiger partial charge is 0.344 e. The van der Waals surface area contributed by atoms with Gasteiger partial charge in [-0.05, 0) is 24.3 Å². The van der Waals surface area contributed by atoms with Gasteiger partial charge in [-0.25, -0.2) is 9.78 Å². The summed E-state index contributed by atoms with van der Waals surface area (Å²) in [6, 6.07) is 13.7. The van der Waals surface area contributed by atoms with E-state index in [-0.39, 0.29) is 11.5 Å². The maximum atomic E-state index is 11.8. The molecule has 0 aliphatic carbocycles. The van der Waals surface area contributed by atoms with E-state index in [4.69, 9.17) is 9.47 Å². The number of fused-ring (bicyclic) bond motifs is 1. The van der Waals surface area contributed by atoms with Gasteiger partial charge in [0.2, 0.25) is 0 Å². The number of nitrogens with one attached hydrogen (secondary N) is 1. The highest BCUT2D eigenvalue weighted by atomic mass is 32.1. The van der Waals surface area contributed by atoms with Gasteiger partial charge >= 0.3 is 5.97 Å². The normalized spacial score (nSPS) is 10.4. The molecule has 0 spiro atoms. The van der Waals surface area contributed by atoms with Gasteiger partial charge in [0.15, 0.2) is 29.8 Å². The van der Waals surface area contributed by atoms with Crippen LogP contribution in [-0.4, -0.2) is 35.2 Å². The largest absolute Gasteiger partial charge is 0.504 e. The Labute approximate surface area is 146 Å². The molecule has 128 valence electrons. The van der Waals surface area contributed by atoms with Gasteiger partial charge in [0, 0.05) is 0 Å². The Balaban J connectivity index is 1.45. The van der Waals surface area contributed by atoms with Gasteiger partial charge in [-0.2, -0.15) is 0 Å². The minimum absolute atomic E-state index is 0.0797. The lowest BCUT2D eigenvalue weighted by atomic mass is 10.3. The molecule has 0 unspecified atom stereocenters. The number of nitrogens with zero attached hydrogens (tertiary/aromatic N) is 1. The molecule has 3 rings (SSSR count). The minimum atomic E-state index is -0.720. The highest BCUT2D eigenvalue weighted by Gasteiger charge is 2.12. The molecule has 7 nitrogen and oxygen atoms in total. The van der Waals surface area contributed by atoms with E-state index >= 15 is 0 Å². The van der Waals surface area contributed by atoms with Gasteiger partial charge in [0.1, 0.15) is 0 Å². The van der Waals surface area contributed by atoms with Crippen LogP contribution < -0.4 is 10.1 Å². The zero-order chi connectivity index (χ0) is 17.6. The van der Waals surface area contributed by atoms with Crippen molar-refractivity contribution >= 4 is 38.6 Å². The van der Waals surface area contributed by atoms with Gasteiger partial charge in [0.25, 0.3) is 5.91 Å². The van der Waals surface area contributed by atoms with Crippen molar-refractivity contribution < 1.29 is 24.2 Å². The van der Waals surface area contributed by atoms with Gasteiger partial charge in [0.05, 0.1) is 10.2 Å². The lowest BCUT2D eigenvalue weighted by Gasteiger charge is -2.07. The molecule has 0 aliphatic heterocycles. The van der Waals surface area contributed by atoms with Gasteiger partial charge in [-0.3, -0.25) is 10.1 Å². The first-order valence-corrected chi connectivity index (χ1v) is 8.15. The number of esters is 1. The molecule has 2 aromatic carbocycles. The Morgan fingerprint density at radius 1 is 1.08 bits per heavy atom. The van der Waals surface area contributed by atoms with Gasteiger partial charge in [-0.15, -0.1) is 0 Å². The number of ether oxygens (including phenoxy) is 2. The number of phenols is 1. The fourth-order valence-corrected chi connectivity index (χ4v) is 2.87. The molecule has 8 heteroatoms. The summed E-state index contributed by atoms with van der Waals surface area (Å²) >= 11 is 1.33. The van der Waals surface area contributed by atoms with Crippen LogP contribution in [0.25, 0.3) is 10.2 Å². The van der Waals surface area contributed by atoms with Crippen LogP contribution in [0, 0.1) is 0 Å². The Bertz CT molecular complexity index is 876. The van der Waals surface area contributed by atoms with E-state index in [1.807, 2.05) is 24.3 Å². The van der Waals surface area contributed by atoms with E-state index in [9.17, 15) is 14.7 Å². The number of para-hydroxylation sites is 3. The van der Waals surface area contributed by atoms with E-state index in [1.54, 1.807) is 12.1 Å². The molecule has 3 aromatic rings. The number of phenolic OH excluding ortho intramolecular Hbond substituents is 1. The maximum absolute atomic E-state index is 11.8. The van der Waals surface area contributed by atoms with Crippen LogP contribution in [0.3, 0.4) is 0 Å². The van der Waals surface area contributed by atoms with E-state index in [1.165, 1.54) is 23.5 Å². The molecule has 2 N–H and O–H groups in total. The molecule has 0 radical (unpaired) electrons. The Morgan fingerprint density at radius 3 is 2.64 bits per heavy atom. The van der Waals surface area contributed by atoms with Crippen LogP contribution >= 0.6 is 11.3 Å². The van der Waals surface area contributed by atoms with Crippen molar-refractivity contribution in [1.82, 2.24) is 4.98 Å². The molecule has 1 aromatic heterocycles. The van der Waals surface area contributed by atoms with Crippen LogP contribution in [0.15, 0.2) is 48.5 Å². The second kappa shape index (κ2) is 7.63. The van der Waals surface area contributed by atoms with Crippen LogP contribution in [0.2, 0.25) is 0 Å². The third-order valence-electron chi connectivity index (χ3n) is 3.12. The number of aromatic hydroxyl groups is 1. The van der Waals surface area contributed by atoms with Crippen molar-refractivity contribution in [2.24, 2.45) is 0 Å². The Morgan fingerprint density at radius 2 is 1.84 bits per heavy atom. The third kappa shape index (κ3) is 4.45. The summed E-state index contributed by atoms with van der Waals surface area (Å²) in [6.07, 6.45) is 0. The van der Waals surface area contributed by atoms with Crippen LogP contribution in [0.4, 0.5) is 5.13 Å². The number of carbonyl (C=O) groups is 2. The summed E-state index contributed by atoms with van der Waals surface area (Å²) in [5.41, 5.74) is 0.788. The Hall–Kier alpha value is -3.13. The molecule has 25 heavy (non-hydrogen) atoms. The lowest BCUT2D eigenvalue weighted by molar-refractivity contribution is -0.149. The van der Waals surface area contributed by atoms with Crippen molar-refractivity contribution in [3.8, 4) is 11.5 Å². The number of rotatable bonds is 6. The topological polar surface area (TPSA) is 97.8 Å². The van der Waals surface area contributed by atoms with Crippen LogP contribution in [0.5, 0.6) is 11.5 Å². The molecule has 1 heterocycles. The van der Waals surface area contributed by atoms with E-state index in [0.717, 1.165) is 10.2 Å². The van der Waals surface area contributed by atoms with Gasteiger partial charge < -0.3 is 14.6 Å². The molecule has 0 saturated heterocycles. The molecular weight excluding hydrogens is 344 g/mol. The fraction of sp³-hybridized carbons (Fsp3) is 0.118. The maximum Gasteiger partial charge on any atom is 0.344 e. The second-order valence-electron chi connectivity index (χ2n) is 4.95. The Kier molecular flexibility index (Phi) is 5.10. The fourth-order valence-electron chi connectivity index (χ4n) is 1.98. The molecule has 1 amide bonds. The quantitative estimate of drug-likeness (QED) is 0.657. The number of thiazole rings is 1. The van der Waals surface area contributed by atoms with E-state index in [0.29, 0.717) is 5.13 Å². The predicted octanol–water partition coefficient (Wildman–Crippen LogP) is 2.56. The molecule has 0 bridgehead atoms. The summed E-state index contributed by atoms with van der Waals surface area (Å²) in [5.74, 6) is -1.13. The number of hydrogen-bond acceptors (Lipinski definition) is 7. The first kappa shape index (κ1) is 16.7. The monoisotopic (exact) mass is 358 g/mol. The SMILES string of the molecule is O=C(COC(=O)COc1ccccc1O)Nc1nc2ccccc2s1. The molecule has 0 saturated carbocycles. The predicted molar refractivity (Wildman–Crippen MR) is 92.8 cm³/mol.